The first-order valence-electron chi connectivity index (χ1n) is 4.82. The third-order valence-corrected chi connectivity index (χ3v) is 3.19. The highest BCUT2D eigenvalue weighted by molar-refractivity contribution is 14.1. The van der Waals surface area contributed by atoms with E-state index < -0.39 is 0 Å². The Labute approximate surface area is 99.0 Å². The molecule has 0 aliphatic heterocycles. The quantitative estimate of drug-likeness (QED) is 0.613. The molecule has 2 heteroatoms. The van der Waals surface area contributed by atoms with E-state index in [0.29, 0.717) is 5.92 Å². The molecule has 0 heterocycles. The summed E-state index contributed by atoms with van der Waals surface area (Å²) in [6, 6.07) is 7.77. The topological polar surface area (TPSA) is 17.1 Å². The lowest BCUT2D eigenvalue weighted by Gasteiger charge is -2.14. The summed E-state index contributed by atoms with van der Waals surface area (Å²) in [5.74, 6) is 0.757. The minimum atomic E-state index is 0.105. The van der Waals surface area contributed by atoms with Crippen LogP contribution in [0.3, 0.4) is 0 Å². The molecule has 0 fully saturated rings. The first-order valence-corrected chi connectivity index (χ1v) is 5.90. The third kappa shape index (κ3) is 2.80. The maximum atomic E-state index is 11.9. The number of ketones is 1. The maximum Gasteiger partial charge on any atom is 0.165 e. The molecule has 1 rings (SSSR count). The standard InChI is InChI=1S/C12H15IO/c1-8(2)9(3)12(14)10-5-4-6-11(13)7-10/h4-9H,1-3H3. The van der Waals surface area contributed by atoms with Crippen molar-refractivity contribution in [2.24, 2.45) is 11.8 Å². The Morgan fingerprint density at radius 3 is 2.43 bits per heavy atom. The smallest absolute Gasteiger partial charge is 0.165 e. The van der Waals surface area contributed by atoms with Crippen LogP contribution in [0.2, 0.25) is 0 Å². The van der Waals surface area contributed by atoms with Gasteiger partial charge in [-0.2, -0.15) is 0 Å². The van der Waals surface area contributed by atoms with Gasteiger partial charge in [0.25, 0.3) is 0 Å². The zero-order valence-electron chi connectivity index (χ0n) is 8.75. The molecule has 0 saturated carbocycles. The highest BCUT2D eigenvalue weighted by Gasteiger charge is 2.18. The van der Waals surface area contributed by atoms with Crippen LogP contribution in [0, 0.1) is 15.4 Å². The summed E-state index contributed by atoms with van der Waals surface area (Å²) in [6.07, 6.45) is 0. The zero-order chi connectivity index (χ0) is 10.7. The molecule has 1 aromatic rings. The van der Waals surface area contributed by atoms with E-state index in [2.05, 4.69) is 36.4 Å². The van der Waals surface area contributed by atoms with Crippen molar-refractivity contribution in [1.29, 1.82) is 0 Å². The van der Waals surface area contributed by atoms with Gasteiger partial charge >= 0.3 is 0 Å². The molecule has 0 aromatic heterocycles. The molecule has 1 atom stereocenters. The van der Waals surface area contributed by atoms with Crippen LogP contribution in [0.25, 0.3) is 0 Å². The van der Waals surface area contributed by atoms with E-state index in [1.54, 1.807) is 0 Å². The van der Waals surface area contributed by atoms with Gasteiger partial charge in [-0.25, -0.2) is 0 Å². The van der Waals surface area contributed by atoms with E-state index in [1.807, 2.05) is 31.2 Å². The molecule has 0 spiro atoms. The number of hydrogen-bond donors (Lipinski definition) is 0. The maximum absolute atomic E-state index is 11.9. The molecule has 0 N–H and O–H groups in total. The summed E-state index contributed by atoms with van der Waals surface area (Å²) in [5, 5.41) is 0. The largest absolute Gasteiger partial charge is 0.294 e. The lowest BCUT2D eigenvalue weighted by molar-refractivity contribution is 0.0899. The molecule has 0 bridgehead atoms. The molecule has 0 aliphatic rings. The Kier molecular flexibility index (Phi) is 4.11. The molecule has 76 valence electrons. The van der Waals surface area contributed by atoms with Gasteiger partial charge in [0.15, 0.2) is 5.78 Å². The molecule has 1 aromatic carbocycles. The van der Waals surface area contributed by atoms with Gasteiger partial charge in [-0.05, 0) is 40.6 Å². The molecular formula is C12H15IO. The summed E-state index contributed by atoms with van der Waals surface area (Å²) < 4.78 is 1.12. The van der Waals surface area contributed by atoms with Gasteiger partial charge < -0.3 is 0 Å². The van der Waals surface area contributed by atoms with Gasteiger partial charge in [0.2, 0.25) is 0 Å². The first-order chi connectivity index (χ1) is 6.52. The summed E-state index contributed by atoms with van der Waals surface area (Å²) >= 11 is 2.23. The summed E-state index contributed by atoms with van der Waals surface area (Å²) in [4.78, 5) is 11.9. The van der Waals surface area contributed by atoms with E-state index in [1.165, 1.54) is 0 Å². The van der Waals surface area contributed by atoms with Crippen LogP contribution in [0.4, 0.5) is 0 Å². The predicted molar refractivity (Wildman–Crippen MR) is 67.5 cm³/mol. The predicted octanol–water partition coefficient (Wildman–Crippen LogP) is 3.77. The molecule has 0 radical (unpaired) electrons. The SMILES string of the molecule is CC(C)C(C)C(=O)c1cccc(I)c1. The van der Waals surface area contributed by atoms with Crippen LogP contribution in [0.15, 0.2) is 24.3 Å². The van der Waals surface area contributed by atoms with Crippen molar-refractivity contribution >= 4 is 28.4 Å². The first kappa shape index (κ1) is 11.7. The molecule has 1 nitrogen and oxygen atoms in total. The third-order valence-electron chi connectivity index (χ3n) is 2.52. The number of carbonyl (C=O) groups is 1. The van der Waals surface area contributed by atoms with Crippen molar-refractivity contribution < 1.29 is 4.79 Å². The number of halogens is 1. The lowest BCUT2D eigenvalue weighted by Crippen LogP contribution is -2.16. The van der Waals surface area contributed by atoms with E-state index in [4.69, 9.17) is 0 Å². The van der Waals surface area contributed by atoms with E-state index >= 15 is 0 Å². The molecule has 14 heavy (non-hydrogen) atoms. The molecule has 0 amide bonds. The minimum Gasteiger partial charge on any atom is -0.294 e. The minimum absolute atomic E-state index is 0.105. The highest BCUT2D eigenvalue weighted by Crippen LogP contribution is 2.18. The second kappa shape index (κ2) is 4.91. The highest BCUT2D eigenvalue weighted by atomic mass is 127. The normalized spacial score (nSPS) is 12.9. The fourth-order valence-electron chi connectivity index (χ4n) is 1.21. The Hall–Kier alpha value is -0.380. The van der Waals surface area contributed by atoms with Crippen molar-refractivity contribution in [3.8, 4) is 0 Å². The average molecular weight is 302 g/mol. The van der Waals surface area contributed by atoms with Crippen LogP contribution >= 0.6 is 22.6 Å². The molecule has 0 saturated heterocycles. The zero-order valence-corrected chi connectivity index (χ0v) is 10.9. The van der Waals surface area contributed by atoms with Crippen molar-refractivity contribution in [2.45, 2.75) is 20.8 Å². The molecular weight excluding hydrogens is 287 g/mol. The summed E-state index contributed by atoms with van der Waals surface area (Å²) in [7, 11) is 0. The van der Waals surface area contributed by atoms with Crippen molar-refractivity contribution in [1.82, 2.24) is 0 Å². The fourth-order valence-corrected chi connectivity index (χ4v) is 1.75. The Morgan fingerprint density at radius 1 is 1.29 bits per heavy atom. The fraction of sp³-hybridized carbons (Fsp3) is 0.417. The number of benzene rings is 1. The van der Waals surface area contributed by atoms with Gasteiger partial charge in [0, 0.05) is 15.1 Å². The van der Waals surface area contributed by atoms with Crippen molar-refractivity contribution in [3.05, 3.63) is 33.4 Å². The van der Waals surface area contributed by atoms with Gasteiger partial charge in [-0.3, -0.25) is 4.79 Å². The Balaban J connectivity index is 2.89. The lowest BCUT2D eigenvalue weighted by atomic mass is 9.90. The number of carbonyl (C=O) groups excluding carboxylic acids is 1. The number of hydrogen-bond acceptors (Lipinski definition) is 1. The summed E-state index contributed by atoms with van der Waals surface area (Å²) in [6.45, 7) is 6.15. The average Bonchev–Trinajstić information content (AvgIpc) is 2.15. The summed E-state index contributed by atoms with van der Waals surface area (Å²) in [5.41, 5.74) is 0.832. The van der Waals surface area contributed by atoms with Gasteiger partial charge in [0.1, 0.15) is 0 Å². The second-order valence-electron chi connectivity index (χ2n) is 3.91. The van der Waals surface area contributed by atoms with Gasteiger partial charge in [-0.15, -0.1) is 0 Å². The van der Waals surface area contributed by atoms with Crippen LogP contribution in [-0.2, 0) is 0 Å². The Bertz CT molecular complexity index is 331. The van der Waals surface area contributed by atoms with E-state index in [9.17, 15) is 4.79 Å². The van der Waals surface area contributed by atoms with Crippen LogP contribution in [0.1, 0.15) is 31.1 Å². The van der Waals surface area contributed by atoms with Crippen molar-refractivity contribution in [3.63, 3.8) is 0 Å². The number of Topliss-reactive ketones (excluding diaryl/α,β-unsaturated/α-hetero) is 1. The monoisotopic (exact) mass is 302 g/mol. The second-order valence-corrected chi connectivity index (χ2v) is 5.15. The molecule has 0 aliphatic carbocycles. The van der Waals surface area contributed by atoms with Crippen LogP contribution in [-0.4, -0.2) is 5.78 Å². The van der Waals surface area contributed by atoms with Gasteiger partial charge in [0.05, 0.1) is 0 Å². The van der Waals surface area contributed by atoms with Crippen molar-refractivity contribution in [2.75, 3.05) is 0 Å². The van der Waals surface area contributed by atoms with Gasteiger partial charge in [-0.1, -0.05) is 32.9 Å². The van der Waals surface area contributed by atoms with Crippen LogP contribution < -0.4 is 0 Å². The van der Waals surface area contributed by atoms with Crippen LogP contribution in [0.5, 0.6) is 0 Å². The number of rotatable bonds is 3. The van der Waals surface area contributed by atoms with E-state index in [0.717, 1.165) is 9.13 Å². The molecule has 1 unspecified atom stereocenters. The van der Waals surface area contributed by atoms with E-state index in [-0.39, 0.29) is 11.7 Å². The Morgan fingerprint density at radius 2 is 1.93 bits per heavy atom.